The van der Waals surface area contributed by atoms with Crippen LogP contribution in [0.25, 0.3) is 0 Å². The van der Waals surface area contributed by atoms with Gasteiger partial charge in [-0.15, -0.1) is 0 Å². The Morgan fingerprint density at radius 3 is 2.79 bits per heavy atom. The van der Waals surface area contributed by atoms with Gasteiger partial charge in [-0.25, -0.2) is 17.5 Å². The zero-order valence-corrected chi connectivity index (χ0v) is 14.7. The van der Waals surface area contributed by atoms with E-state index in [0.717, 1.165) is 18.9 Å². The lowest BCUT2D eigenvalue weighted by Gasteiger charge is -2.24. The molecule has 2 rings (SSSR count). The Hall–Kier alpha value is -1.51. The van der Waals surface area contributed by atoms with Crippen LogP contribution in [-0.2, 0) is 19.6 Å². The maximum absolute atomic E-state index is 13.1. The summed E-state index contributed by atoms with van der Waals surface area (Å²) in [7, 11) is -3.74. The lowest BCUT2D eigenvalue weighted by Crippen LogP contribution is -2.41. The number of carbonyl (C=O) groups is 1. The van der Waals surface area contributed by atoms with Gasteiger partial charge >= 0.3 is 0 Å². The number of aryl methyl sites for hydroxylation is 1. The number of amides is 1. The van der Waals surface area contributed by atoms with Crippen LogP contribution in [0.2, 0.25) is 0 Å². The molecule has 1 fully saturated rings. The molecule has 0 radical (unpaired) electrons. The van der Waals surface area contributed by atoms with E-state index in [-0.39, 0.29) is 30.0 Å². The van der Waals surface area contributed by atoms with Crippen molar-refractivity contribution in [1.29, 1.82) is 0 Å². The average molecular weight is 358 g/mol. The molecule has 6 nitrogen and oxygen atoms in total. The molecular weight excluding hydrogens is 335 g/mol. The molecule has 0 saturated carbocycles. The van der Waals surface area contributed by atoms with Crippen LogP contribution < -0.4 is 4.72 Å². The first-order chi connectivity index (χ1) is 11.3. The molecule has 1 aromatic rings. The van der Waals surface area contributed by atoms with Gasteiger partial charge in [-0.3, -0.25) is 4.79 Å². The van der Waals surface area contributed by atoms with E-state index in [1.807, 2.05) is 0 Å². The summed E-state index contributed by atoms with van der Waals surface area (Å²) in [5, 5.41) is 0. The van der Waals surface area contributed by atoms with Crippen LogP contribution in [0.15, 0.2) is 23.1 Å². The Morgan fingerprint density at radius 1 is 1.46 bits per heavy atom. The zero-order valence-electron chi connectivity index (χ0n) is 13.9. The van der Waals surface area contributed by atoms with Gasteiger partial charge in [0.05, 0.1) is 11.0 Å². The van der Waals surface area contributed by atoms with Crippen molar-refractivity contribution < 1.29 is 22.3 Å². The highest BCUT2D eigenvalue weighted by atomic mass is 32.2. The second kappa shape index (κ2) is 8.04. The standard InChI is InChI=1S/C16H23FN2O4S/c1-12-10-14(17)5-6-16(12)24(21,22)18-7-8-19(13(2)20)11-15-4-3-9-23-15/h5-6,10,15,18H,3-4,7-9,11H2,1-2H3. The van der Waals surface area contributed by atoms with Gasteiger partial charge in [0, 0.05) is 33.2 Å². The first kappa shape index (κ1) is 18.8. The van der Waals surface area contributed by atoms with E-state index in [1.165, 1.54) is 26.0 Å². The summed E-state index contributed by atoms with van der Waals surface area (Å²) in [6.45, 7) is 4.50. The average Bonchev–Trinajstić information content (AvgIpc) is 2.98. The lowest BCUT2D eigenvalue weighted by molar-refractivity contribution is -0.130. The number of rotatable bonds is 7. The highest BCUT2D eigenvalue weighted by Gasteiger charge is 2.22. The summed E-state index contributed by atoms with van der Waals surface area (Å²) < 4.78 is 45.7. The molecule has 0 spiro atoms. The van der Waals surface area contributed by atoms with Crippen molar-refractivity contribution in [3.8, 4) is 0 Å². The van der Waals surface area contributed by atoms with Crippen LogP contribution in [0.3, 0.4) is 0 Å². The fourth-order valence-corrected chi connectivity index (χ4v) is 3.96. The Balaban J connectivity index is 1.93. The minimum Gasteiger partial charge on any atom is -0.376 e. The molecule has 0 aromatic heterocycles. The number of nitrogens with zero attached hydrogens (tertiary/aromatic N) is 1. The van der Waals surface area contributed by atoms with Gasteiger partial charge < -0.3 is 9.64 Å². The largest absolute Gasteiger partial charge is 0.376 e. The number of carbonyl (C=O) groups excluding carboxylic acids is 1. The van der Waals surface area contributed by atoms with E-state index in [2.05, 4.69) is 4.72 Å². The fourth-order valence-electron chi connectivity index (χ4n) is 2.72. The Morgan fingerprint density at radius 2 is 2.21 bits per heavy atom. The molecule has 1 atom stereocenters. The maximum Gasteiger partial charge on any atom is 0.240 e. The molecule has 1 amide bonds. The van der Waals surface area contributed by atoms with E-state index < -0.39 is 15.8 Å². The molecule has 0 aliphatic carbocycles. The first-order valence-electron chi connectivity index (χ1n) is 7.92. The van der Waals surface area contributed by atoms with E-state index in [1.54, 1.807) is 4.90 Å². The summed E-state index contributed by atoms with van der Waals surface area (Å²) >= 11 is 0. The monoisotopic (exact) mass is 358 g/mol. The van der Waals surface area contributed by atoms with Gasteiger partial charge in [0.15, 0.2) is 0 Å². The number of benzene rings is 1. The Bertz CT molecular complexity index is 687. The van der Waals surface area contributed by atoms with Crippen LogP contribution >= 0.6 is 0 Å². The maximum atomic E-state index is 13.1. The molecule has 1 aromatic carbocycles. The Kier molecular flexibility index (Phi) is 6.31. The first-order valence-corrected chi connectivity index (χ1v) is 9.41. The van der Waals surface area contributed by atoms with E-state index in [0.29, 0.717) is 18.7 Å². The lowest BCUT2D eigenvalue weighted by atomic mass is 10.2. The summed E-state index contributed by atoms with van der Waals surface area (Å²) in [6.07, 6.45) is 1.90. The minimum atomic E-state index is -3.74. The number of ether oxygens (including phenoxy) is 1. The van der Waals surface area contributed by atoms with Crippen LogP contribution in [0.5, 0.6) is 0 Å². The van der Waals surface area contributed by atoms with Crippen LogP contribution in [0, 0.1) is 12.7 Å². The molecular formula is C16H23FN2O4S. The van der Waals surface area contributed by atoms with Gasteiger partial charge in [0.25, 0.3) is 0 Å². The van der Waals surface area contributed by atoms with Crippen molar-refractivity contribution in [3.63, 3.8) is 0 Å². The van der Waals surface area contributed by atoms with Gasteiger partial charge in [0.1, 0.15) is 5.82 Å². The van der Waals surface area contributed by atoms with Gasteiger partial charge in [-0.05, 0) is 43.5 Å². The van der Waals surface area contributed by atoms with Crippen molar-refractivity contribution >= 4 is 15.9 Å². The van der Waals surface area contributed by atoms with Gasteiger partial charge in [-0.2, -0.15) is 0 Å². The molecule has 1 heterocycles. The molecule has 8 heteroatoms. The second-order valence-electron chi connectivity index (χ2n) is 5.91. The predicted molar refractivity (Wildman–Crippen MR) is 87.6 cm³/mol. The third-order valence-electron chi connectivity index (χ3n) is 3.99. The number of hydrogen-bond donors (Lipinski definition) is 1. The van der Waals surface area contributed by atoms with Crippen molar-refractivity contribution in [2.75, 3.05) is 26.2 Å². The topological polar surface area (TPSA) is 75.7 Å². The molecule has 134 valence electrons. The highest BCUT2D eigenvalue weighted by molar-refractivity contribution is 7.89. The third kappa shape index (κ3) is 4.99. The molecule has 1 saturated heterocycles. The summed E-state index contributed by atoms with van der Waals surface area (Å²) in [5.74, 6) is -0.603. The quantitative estimate of drug-likeness (QED) is 0.800. The summed E-state index contributed by atoms with van der Waals surface area (Å²) in [6, 6.07) is 3.52. The van der Waals surface area contributed by atoms with E-state index in [9.17, 15) is 17.6 Å². The fraction of sp³-hybridized carbons (Fsp3) is 0.562. The minimum absolute atomic E-state index is 0.0184. The smallest absolute Gasteiger partial charge is 0.240 e. The van der Waals surface area contributed by atoms with Crippen LogP contribution in [0.4, 0.5) is 4.39 Å². The van der Waals surface area contributed by atoms with Crippen molar-refractivity contribution in [2.45, 2.75) is 37.7 Å². The Labute approximate surface area is 142 Å². The number of nitrogens with one attached hydrogen (secondary N) is 1. The molecule has 1 aliphatic heterocycles. The SMILES string of the molecule is CC(=O)N(CCNS(=O)(=O)c1ccc(F)cc1C)CC1CCCO1. The second-order valence-corrected chi connectivity index (χ2v) is 7.64. The summed E-state index contributed by atoms with van der Waals surface area (Å²) in [5.41, 5.74) is 0.338. The molecule has 0 bridgehead atoms. The zero-order chi connectivity index (χ0) is 17.7. The normalized spacial score (nSPS) is 17.9. The van der Waals surface area contributed by atoms with Crippen LogP contribution in [0.1, 0.15) is 25.3 Å². The van der Waals surface area contributed by atoms with Crippen LogP contribution in [-0.4, -0.2) is 51.6 Å². The van der Waals surface area contributed by atoms with Gasteiger partial charge in [0.2, 0.25) is 15.9 Å². The molecule has 1 N–H and O–H groups in total. The molecule has 1 unspecified atom stereocenters. The van der Waals surface area contributed by atoms with E-state index >= 15 is 0 Å². The van der Waals surface area contributed by atoms with Crippen molar-refractivity contribution in [3.05, 3.63) is 29.6 Å². The van der Waals surface area contributed by atoms with Crippen molar-refractivity contribution in [1.82, 2.24) is 9.62 Å². The van der Waals surface area contributed by atoms with E-state index in [4.69, 9.17) is 4.74 Å². The molecule has 24 heavy (non-hydrogen) atoms. The highest BCUT2D eigenvalue weighted by Crippen LogP contribution is 2.16. The van der Waals surface area contributed by atoms with Gasteiger partial charge in [-0.1, -0.05) is 0 Å². The molecule has 1 aliphatic rings. The predicted octanol–water partition coefficient (Wildman–Crippen LogP) is 1.44. The number of hydrogen-bond acceptors (Lipinski definition) is 4. The number of halogens is 1. The number of sulfonamides is 1. The third-order valence-corrected chi connectivity index (χ3v) is 5.61. The van der Waals surface area contributed by atoms with Crippen molar-refractivity contribution in [2.24, 2.45) is 0 Å². The summed E-state index contributed by atoms with van der Waals surface area (Å²) in [4.78, 5) is 13.3.